The van der Waals surface area contributed by atoms with E-state index in [9.17, 15) is 4.79 Å². The second-order valence-electron chi connectivity index (χ2n) is 5.96. The smallest absolute Gasteiger partial charge is 0.278 e. The van der Waals surface area contributed by atoms with Crippen LogP contribution in [0.5, 0.6) is 5.88 Å². The highest BCUT2D eigenvalue weighted by Crippen LogP contribution is 2.26. The first kappa shape index (κ1) is 18.0. The molecule has 4 aromatic rings. The van der Waals surface area contributed by atoms with Crippen molar-refractivity contribution < 1.29 is 9.53 Å². The number of imidazole rings is 1. The minimum absolute atomic E-state index is 0.0827. The average molecular weight is 393 g/mol. The van der Waals surface area contributed by atoms with Gasteiger partial charge in [0.1, 0.15) is 0 Å². The molecule has 0 spiro atoms. The number of hydrogen-bond donors (Lipinski definition) is 1. The van der Waals surface area contributed by atoms with Crippen LogP contribution in [0.4, 0.5) is 5.95 Å². The Labute approximate surface area is 166 Å². The van der Waals surface area contributed by atoms with Crippen LogP contribution in [0.15, 0.2) is 66.7 Å². The third-order valence-corrected chi connectivity index (χ3v) is 4.43. The lowest BCUT2D eigenvalue weighted by Crippen LogP contribution is -2.17. The number of aromatic nitrogens is 3. The Kier molecular flexibility index (Phi) is 4.95. The molecule has 1 N–H and O–H groups in total. The summed E-state index contributed by atoms with van der Waals surface area (Å²) >= 11 is 6.19. The number of pyridine rings is 1. The lowest BCUT2D eigenvalue weighted by atomic mass is 10.3. The zero-order valence-corrected chi connectivity index (χ0v) is 15.8. The molecule has 0 saturated carbocycles. The third-order valence-electron chi connectivity index (χ3n) is 4.13. The van der Waals surface area contributed by atoms with Crippen LogP contribution in [0.1, 0.15) is 17.4 Å². The van der Waals surface area contributed by atoms with Crippen LogP contribution in [0, 0.1) is 0 Å². The van der Waals surface area contributed by atoms with Crippen molar-refractivity contribution in [2.45, 2.75) is 6.92 Å². The number of ether oxygens (including phenoxy) is 1. The van der Waals surface area contributed by atoms with Gasteiger partial charge in [-0.2, -0.15) is 0 Å². The second-order valence-corrected chi connectivity index (χ2v) is 6.37. The van der Waals surface area contributed by atoms with E-state index in [2.05, 4.69) is 15.3 Å². The fourth-order valence-corrected chi connectivity index (χ4v) is 3.11. The van der Waals surface area contributed by atoms with Crippen LogP contribution >= 0.6 is 11.6 Å². The number of benzene rings is 2. The summed E-state index contributed by atoms with van der Waals surface area (Å²) < 4.78 is 7.25. The van der Waals surface area contributed by atoms with Crippen molar-refractivity contribution in [3.8, 4) is 11.6 Å². The highest BCUT2D eigenvalue weighted by Gasteiger charge is 2.19. The van der Waals surface area contributed by atoms with Gasteiger partial charge in [-0.15, -0.1) is 0 Å². The molecule has 28 heavy (non-hydrogen) atoms. The van der Waals surface area contributed by atoms with Crippen molar-refractivity contribution in [2.75, 3.05) is 11.9 Å². The van der Waals surface area contributed by atoms with Crippen LogP contribution in [-0.2, 0) is 0 Å². The van der Waals surface area contributed by atoms with E-state index in [0.717, 1.165) is 16.7 Å². The highest BCUT2D eigenvalue weighted by molar-refractivity contribution is 6.34. The van der Waals surface area contributed by atoms with Gasteiger partial charge in [-0.25, -0.2) is 9.97 Å². The molecule has 0 atom stereocenters. The lowest BCUT2D eigenvalue weighted by molar-refractivity contribution is 0.102. The quantitative estimate of drug-likeness (QED) is 0.533. The molecule has 0 aliphatic carbocycles. The van der Waals surface area contributed by atoms with Gasteiger partial charge in [0.25, 0.3) is 5.91 Å². The lowest BCUT2D eigenvalue weighted by Gasteiger charge is -2.11. The van der Waals surface area contributed by atoms with E-state index in [1.165, 1.54) is 0 Å². The molecule has 7 heteroatoms. The van der Waals surface area contributed by atoms with E-state index >= 15 is 0 Å². The van der Waals surface area contributed by atoms with Crippen molar-refractivity contribution in [3.63, 3.8) is 0 Å². The van der Waals surface area contributed by atoms with Crippen LogP contribution < -0.4 is 10.1 Å². The van der Waals surface area contributed by atoms with Gasteiger partial charge >= 0.3 is 0 Å². The molecule has 6 nitrogen and oxygen atoms in total. The molecule has 0 aliphatic rings. The van der Waals surface area contributed by atoms with Crippen molar-refractivity contribution >= 4 is 34.5 Å². The number of nitrogens with one attached hydrogen (secondary N) is 1. The maximum Gasteiger partial charge on any atom is 0.278 e. The summed E-state index contributed by atoms with van der Waals surface area (Å²) in [5, 5.41) is 3.07. The molecule has 0 aliphatic heterocycles. The van der Waals surface area contributed by atoms with Gasteiger partial charge in [-0.05, 0) is 37.3 Å². The number of rotatable bonds is 5. The number of nitrogens with zero attached hydrogens (tertiary/aromatic N) is 3. The van der Waals surface area contributed by atoms with Crippen LogP contribution in [0.2, 0.25) is 5.02 Å². The van der Waals surface area contributed by atoms with Gasteiger partial charge in [-0.3, -0.25) is 14.7 Å². The van der Waals surface area contributed by atoms with Crippen LogP contribution in [0.25, 0.3) is 16.7 Å². The molecular formula is C21H17ClN4O2. The topological polar surface area (TPSA) is 69.0 Å². The number of hydrogen-bond acceptors (Lipinski definition) is 4. The van der Waals surface area contributed by atoms with Gasteiger partial charge in [0, 0.05) is 11.8 Å². The maximum atomic E-state index is 12.9. The van der Waals surface area contributed by atoms with E-state index in [1.54, 1.807) is 12.1 Å². The molecule has 0 bridgehead atoms. The van der Waals surface area contributed by atoms with Crippen molar-refractivity contribution in [1.82, 2.24) is 14.5 Å². The number of amides is 1. The number of halogens is 1. The van der Waals surface area contributed by atoms with Crippen LogP contribution in [0.3, 0.4) is 0 Å². The Morgan fingerprint density at radius 3 is 2.57 bits per heavy atom. The van der Waals surface area contributed by atoms with E-state index in [-0.39, 0.29) is 10.7 Å². The largest absolute Gasteiger partial charge is 0.478 e. The Balaban J connectivity index is 1.76. The molecule has 2 aromatic carbocycles. The normalized spacial score (nSPS) is 10.8. The number of para-hydroxylation sites is 3. The van der Waals surface area contributed by atoms with Crippen molar-refractivity contribution in [3.05, 3.63) is 77.4 Å². The van der Waals surface area contributed by atoms with E-state index in [4.69, 9.17) is 16.3 Å². The fourth-order valence-electron chi connectivity index (χ4n) is 2.92. The van der Waals surface area contributed by atoms with Gasteiger partial charge in [-0.1, -0.05) is 41.9 Å². The zero-order valence-electron chi connectivity index (χ0n) is 15.1. The molecule has 0 radical (unpaired) electrons. The molecular weight excluding hydrogens is 376 g/mol. The summed E-state index contributed by atoms with van der Waals surface area (Å²) in [7, 11) is 0. The van der Waals surface area contributed by atoms with Gasteiger partial charge in [0.15, 0.2) is 5.69 Å². The molecule has 0 fully saturated rings. The number of carbonyl (C=O) groups is 1. The van der Waals surface area contributed by atoms with Gasteiger partial charge in [0.05, 0.1) is 22.7 Å². The number of carbonyl (C=O) groups excluding carboxylic acids is 1. The SMILES string of the molecule is CCOc1ccc(Cl)c(C(=O)Nc2nc3ccccc3n2-c2ccccc2)n1. The summed E-state index contributed by atoms with van der Waals surface area (Å²) in [5.74, 6) is 0.268. The summed E-state index contributed by atoms with van der Waals surface area (Å²) in [4.78, 5) is 21.7. The maximum absolute atomic E-state index is 12.9. The first-order valence-corrected chi connectivity index (χ1v) is 9.18. The van der Waals surface area contributed by atoms with Crippen LogP contribution in [-0.4, -0.2) is 27.0 Å². The highest BCUT2D eigenvalue weighted by atomic mass is 35.5. The third kappa shape index (κ3) is 3.42. The number of anilines is 1. The predicted octanol–water partition coefficient (Wildman–Crippen LogP) is 4.72. The average Bonchev–Trinajstić information content (AvgIpc) is 3.08. The van der Waals surface area contributed by atoms with Crippen molar-refractivity contribution in [2.24, 2.45) is 0 Å². The zero-order chi connectivity index (χ0) is 19.5. The Bertz CT molecular complexity index is 1140. The Morgan fingerprint density at radius 2 is 1.79 bits per heavy atom. The second kappa shape index (κ2) is 7.70. The first-order valence-electron chi connectivity index (χ1n) is 8.81. The van der Waals surface area contributed by atoms with E-state index in [1.807, 2.05) is 66.1 Å². The molecule has 4 rings (SSSR count). The predicted molar refractivity (Wildman–Crippen MR) is 109 cm³/mol. The summed E-state index contributed by atoms with van der Waals surface area (Å²) in [6.07, 6.45) is 0. The first-order chi connectivity index (χ1) is 13.7. The standard InChI is InChI=1S/C21H17ClN4O2/c1-2-28-18-13-12-15(22)19(24-18)20(27)25-21-23-16-10-6-7-11-17(16)26(21)14-8-4-3-5-9-14/h3-13H,2H2,1H3,(H,23,25,27). The van der Waals surface area contributed by atoms with Gasteiger partial charge < -0.3 is 4.74 Å². The molecule has 1 amide bonds. The minimum Gasteiger partial charge on any atom is -0.478 e. The molecule has 2 heterocycles. The summed E-state index contributed by atoms with van der Waals surface area (Å²) in [6, 6.07) is 20.6. The molecule has 0 saturated heterocycles. The monoisotopic (exact) mass is 392 g/mol. The fraction of sp³-hybridized carbons (Fsp3) is 0.0952. The van der Waals surface area contributed by atoms with Gasteiger partial charge in [0.2, 0.25) is 11.8 Å². The van der Waals surface area contributed by atoms with E-state index < -0.39 is 5.91 Å². The Hall–Kier alpha value is -3.38. The summed E-state index contributed by atoms with van der Waals surface area (Å²) in [5.41, 5.74) is 2.61. The molecule has 140 valence electrons. The number of fused-ring (bicyclic) bond motifs is 1. The molecule has 2 aromatic heterocycles. The molecule has 0 unspecified atom stereocenters. The minimum atomic E-state index is -0.459. The Morgan fingerprint density at radius 1 is 1.04 bits per heavy atom. The van der Waals surface area contributed by atoms with E-state index in [0.29, 0.717) is 18.4 Å². The van der Waals surface area contributed by atoms with Crippen molar-refractivity contribution in [1.29, 1.82) is 0 Å². The summed E-state index contributed by atoms with van der Waals surface area (Å²) in [6.45, 7) is 2.29.